The Morgan fingerprint density at radius 3 is 1.63 bits per heavy atom. The number of nitrogens with zero attached hydrogens (tertiary/aromatic N) is 4. The number of guanidine groups is 2. The van der Waals surface area contributed by atoms with Crippen molar-refractivity contribution in [1.82, 2.24) is 30.4 Å². The number of aromatic nitrogens is 2. The lowest BCUT2D eigenvalue weighted by atomic mass is 10.2. The minimum atomic E-state index is -0.362. The van der Waals surface area contributed by atoms with Crippen molar-refractivity contribution >= 4 is 45.5 Å². The Hall–Kier alpha value is -5.48. The highest BCUT2D eigenvalue weighted by molar-refractivity contribution is 6.08. The molecule has 2 aromatic heterocycles. The second-order valence-corrected chi connectivity index (χ2v) is 14.2. The average molecular weight is 791 g/mol. The molecule has 3 heterocycles. The van der Waals surface area contributed by atoms with E-state index in [9.17, 15) is 9.59 Å². The number of aromatic amines is 2. The molecule has 16 heteroatoms. The van der Waals surface area contributed by atoms with Crippen molar-refractivity contribution in [3.05, 3.63) is 47.8 Å². The van der Waals surface area contributed by atoms with Crippen LogP contribution < -0.4 is 41.0 Å². The van der Waals surface area contributed by atoms with Gasteiger partial charge >= 0.3 is 0 Å². The maximum Gasteiger partial charge on any atom is 0.274 e. The van der Waals surface area contributed by atoms with Crippen LogP contribution >= 0.6 is 0 Å². The third-order valence-corrected chi connectivity index (χ3v) is 9.18. The Bertz CT molecular complexity index is 1980. The van der Waals surface area contributed by atoms with E-state index in [1.165, 1.54) is 40.0 Å². The minimum absolute atomic E-state index is 0.00124. The molecule has 0 radical (unpaired) electrons. The number of ether oxygens (including phenoxy) is 4. The lowest BCUT2D eigenvalue weighted by molar-refractivity contribution is 0.0964. The second-order valence-electron chi connectivity index (χ2n) is 14.2. The number of benzene rings is 2. The summed E-state index contributed by atoms with van der Waals surface area (Å²) in [4.78, 5) is 43.2. The highest BCUT2D eigenvalue weighted by Gasteiger charge is 2.18. The molecule has 0 unspecified atom stereocenters. The van der Waals surface area contributed by atoms with Crippen molar-refractivity contribution in [3.8, 4) is 23.0 Å². The number of fused-ring (bicyclic) bond motifs is 2. The highest BCUT2D eigenvalue weighted by atomic mass is 16.5. The van der Waals surface area contributed by atoms with Crippen LogP contribution in [0.1, 0.15) is 81.8 Å². The summed E-state index contributed by atoms with van der Waals surface area (Å²) < 4.78 is 23.8. The van der Waals surface area contributed by atoms with Crippen LogP contribution in [0.5, 0.6) is 23.0 Å². The first-order chi connectivity index (χ1) is 27.3. The van der Waals surface area contributed by atoms with E-state index in [2.05, 4.69) is 54.2 Å². The third-order valence-electron chi connectivity index (χ3n) is 9.18. The molecule has 0 atom stereocenters. The summed E-state index contributed by atoms with van der Waals surface area (Å²) in [5.74, 6) is 2.16. The van der Waals surface area contributed by atoms with E-state index in [4.69, 9.17) is 30.4 Å². The maximum atomic E-state index is 12.4. The topological polar surface area (TPSA) is 210 Å². The van der Waals surface area contributed by atoms with E-state index < -0.39 is 0 Å². The number of nitrogens with two attached hydrogens (primary N) is 2. The lowest BCUT2D eigenvalue weighted by Gasteiger charge is -2.18. The maximum absolute atomic E-state index is 12.4. The quantitative estimate of drug-likeness (QED) is 0.0487. The summed E-state index contributed by atoms with van der Waals surface area (Å²) in [6.07, 6.45) is 3.56. The van der Waals surface area contributed by atoms with Gasteiger partial charge in [0.25, 0.3) is 11.8 Å². The summed E-state index contributed by atoms with van der Waals surface area (Å²) in [6, 6.07) is 11.0. The molecule has 0 saturated carbocycles. The van der Waals surface area contributed by atoms with E-state index in [0.717, 1.165) is 60.2 Å². The Labute approximate surface area is 335 Å². The lowest BCUT2D eigenvalue weighted by Crippen LogP contribution is -2.36. The number of nitrogens with one attached hydrogen (secondary N) is 4. The molecular formula is C41H62N10O6. The zero-order chi connectivity index (χ0) is 41.5. The third kappa shape index (κ3) is 13.3. The molecule has 57 heavy (non-hydrogen) atoms. The van der Waals surface area contributed by atoms with Gasteiger partial charge in [0.05, 0.1) is 29.8 Å². The van der Waals surface area contributed by atoms with Crippen molar-refractivity contribution < 1.29 is 28.5 Å². The van der Waals surface area contributed by atoms with Gasteiger partial charge in [-0.2, -0.15) is 0 Å². The monoisotopic (exact) mass is 790 g/mol. The van der Waals surface area contributed by atoms with Crippen LogP contribution in [0, 0.1) is 0 Å². The molecule has 4 aromatic rings. The van der Waals surface area contributed by atoms with Crippen molar-refractivity contribution in [3.63, 3.8) is 0 Å². The molecule has 0 aliphatic carbocycles. The summed E-state index contributed by atoms with van der Waals surface area (Å²) in [5, 5.41) is 6.68. The largest absolute Gasteiger partial charge is 0.493 e. The molecule has 16 nitrogen and oxygen atoms in total. The van der Waals surface area contributed by atoms with Gasteiger partial charge in [-0.05, 0) is 85.3 Å². The Kier molecular flexibility index (Phi) is 16.9. The van der Waals surface area contributed by atoms with Crippen molar-refractivity contribution in [1.29, 1.82) is 0 Å². The van der Waals surface area contributed by atoms with Crippen LogP contribution in [0.15, 0.2) is 46.4 Å². The van der Waals surface area contributed by atoms with Crippen LogP contribution in [0.2, 0.25) is 0 Å². The zero-order valence-corrected chi connectivity index (χ0v) is 34.8. The van der Waals surface area contributed by atoms with Gasteiger partial charge in [-0.25, -0.2) is 0 Å². The van der Waals surface area contributed by atoms with Crippen LogP contribution in [-0.4, -0.2) is 122 Å². The number of hydrogen-bond donors (Lipinski definition) is 6. The predicted octanol–water partition coefficient (Wildman–Crippen LogP) is 4.84. The molecule has 8 N–H and O–H groups in total. The Morgan fingerprint density at radius 1 is 0.754 bits per heavy atom. The molecule has 1 aliphatic heterocycles. The number of aliphatic imine (C=N–C) groups is 2. The SMILES string of the molecule is CCN(CC)CCOc1cc(OC(C)C)c2cc(C(=O)NC(N)=NC)[nH]c2c1.CN=C(N)NC(=O)c1cc2c(OC(C)C)cc(OCCCN3CCCC3)cc2[nH]1. The van der Waals surface area contributed by atoms with Crippen LogP contribution in [-0.2, 0) is 0 Å². The fourth-order valence-electron chi connectivity index (χ4n) is 6.27. The molecule has 2 amide bonds. The van der Waals surface area contributed by atoms with Crippen molar-refractivity contribution in [2.45, 2.75) is 73.0 Å². The molecule has 5 rings (SSSR count). The predicted molar refractivity (Wildman–Crippen MR) is 227 cm³/mol. The molecular weight excluding hydrogens is 729 g/mol. The van der Waals surface area contributed by atoms with E-state index in [-0.39, 0.29) is 35.9 Å². The second kappa shape index (κ2) is 21.7. The summed E-state index contributed by atoms with van der Waals surface area (Å²) in [5.41, 5.74) is 13.5. The number of likely N-dealkylation sites (tertiary alicyclic amines) is 1. The molecule has 1 fully saturated rings. The molecule has 0 bridgehead atoms. The van der Waals surface area contributed by atoms with E-state index in [1.54, 1.807) is 12.1 Å². The van der Waals surface area contributed by atoms with Gasteiger partial charge in [0.1, 0.15) is 41.0 Å². The Morgan fingerprint density at radius 2 is 1.21 bits per heavy atom. The van der Waals surface area contributed by atoms with Gasteiger partial charge in [-0.15, -0.1) is 0 Å². The average Bonchev–Trinajstić information content (AvgIpc) is 3.96. The van der Waals surface area contributed by atoms with E-state index in [0.29, 0.717) is 41.9 Å². The Balaban J connectivity index is 0.000000253. The summed E-state index contributed by atoms with van der Waals surface area (Å²) in [7, 11) is 3.03. The number of carbonyl (C=O) groups is 2. The normalized spacial score (nSPS) is 13.7. The van der Waals surface area contributed by atoms with Gasteiger partial charge in [0.15, 0.2) is 11.9 Å². The number of likely N-dealkylation sites (N-methyl/N-ethyl adjacent to an activating group) is 1. The van der Waals surface area contributed by atoms with Crippen LogP contribution in [0.25, 0.3) is 21.8 Å². The van der Waals surface area contributed by atoms with Crippen LogP contribution in [0.4, 0.5) is 0 Å². The molecule has 1 saturated heterocycles. The van der Waals surface area contributed by atoms with Crippen molar-refractivity contribution in [2.75, 3.05) is 66.6 Å². The van der Waals surface area contributed by atoms with Gasteiger partial charge in [-0.1, -0.05) is 13.8 Å². The number of amides is 2. The van der Waals surface area contributed by atoms with E-state index in [1.807, 2.05) is 52.0 Å². The fourth-order valence-corrected chi connectivity index (χ4v) is 6.27. The number of carbonyl (C=O) groups excluding carboxylic acids is 2. The minimum Gasteiger partial charge on any atom is -0.493 e. The van der Waals surface area contributed by atoms with Gasteiger partial charge < -0.3 is 50.2 Å². The number of hydrogen-bond acceptors (Lipinski definition) is 10. The fraction of sp³-hybridized carbons (Fsp3) is 0.512. The smallest absolute Gasteiger partial charge is 0.274 e. The standard InChI is InChI=1S/C21H31N5O3.C20H31N5O3/c1-14(2)29-19-12-15(28-10-6-9-26-7-4-5-8-26)11-17-16(19)13-18(24-17)20(27)25-21(22)23-3;1-6-25(7-2)8-9-27-14-10-16-15(18(11-14)28-13(3)4)12-17(23-16)19(26)24-20(21)22-5/h11-14,24H,4-10H2,1-3H3,(H3,22,23,25,27);10-13,23H,6-9H2,1-5H3,(H3,21,22,24,26). The number of rotatable bonds is 17. The molecule has 2 aromatic carbocycles. The highest BCUT2D eigenvalue weighted by Crippen LogP contribution is 2.34. The van der Waals surface area contributed by atoms with Crippen molar-refractivity contribution in [2.24, 2.45) is 21.5 Å². The molecule has 312 valence electrons. The summed E-state index contributed by atoms with van der Waals surface area (Å²) >= 11 is 0. The first-order valence-corrected chi connectivity index (χ1v) is 19.8. The summed E-state index contributed by atoms with van der Waals surface area (Å²) in [6.45, 7) is 19.6. The van der Waals surface area contributed by atoms with E-state index >= 15 is 0 Å². The first kappa shape index (κ1) is 44.2. The number of H-pyrrole nitrogens is 2. The van der Waals surface area contributed by atoms with Crippen LogP contribution in [0.3, 0.4) is 0 Å². The van der Waals surface area contributed by atoms with Gasteiger partial charge in [-0.3, -0.25) is 30.2 Å². The zero-order valence-electron chi connectivity index (χ0n) is 34.8. The molecule has 1 aliphatic rings. The molecule has 0 spiro atoms. The first-order valence-electron chi connectivity index (χ1n) is 19.8. The van der Waals surface area contributed by atoms with Gasteiger partial charge in [0.2, 0.25) is 0 Å². The van der Waals surface area contributed by atoms with Gasteiger partial charge in [0, 0.05) is 62.2 Å².